The number of benzene rings is 3. The van der Waals surface area contributed by atoms with Crippen molar-refractivity contribution in [3.63, 3.8) is 0 Å². The molecule has 8 nitrogen and oxygen atoms in total. The largest absolute Gasteiger partial charge is 0.311 e. The minimum atomic E-state index is -0.371. The molecule has 38 heavy (non-hydrogen) atoms. The van der Waals surface area contributed by atoms with Crippen LogP contribution in [0, 0.1) is 10.1 Å². The summed E-state index contributed by atoms with van der Waals surface area (Å²) in [5.74, 6) is 1.98. The van der Waals surface area contributed by atoms with E-state index in [2.05, 4.69) is 14.8 Å². The van der Waals surface area contributed by atoms with Crippen LogP contribution in [0.4, 0.5) is 11.4 Å². The average molecular weight is 590 g/mol. The van der Waals surface area contributed by atoms with Gasteiger partial charge in [0.1, 0.15) is 5.82 Å². The lowest BCUT2D eigenvalue weighted by Gasteiger charge is -2.09. The summed E-state index contributed by atoms with van der Waals surface area (Å²) in [5.41, 5.74) is 4.45. The fourth-order valence-electron chi connectivity index (χ4n) is 4.69. The number of para-hydroxylation sites is 1. The molecule has 3 aromatic carbocycles. The van der Waals surface area contributed by atoms with Crippen molar-refractivity contribution in [1.29, 1.82) is 0 Å². The molecule has 2 aromatic heterocycles. The Morgan fingerprint density at radius 3 is 2.50 bits per heavy atom. The predicted octanol–water partition coefficient (Wildman–Crippen LogP) is 6.91. The fourth-order valence-corrected chi connectivity index (χ4v) is 5.62. The highest BCUT2D eigenvalue weighted by atomic mass is 79.9. The molecule has 0 atom stereocenters. The smallest absolute Gasteiger partial charge is 0.270 e. The van der Waals surface area contributed by atoms with Crippen LogP contribution in [0.25, 0.3) is 28.3 Å². The Bertz CT molecular complexity index is 1640. The molecule has 3 heterocycles. The monoisotopic (exact) mass is 588 g/mol. The number of non-ortho nitro benzene ring substituents is 1. The molecular formula is C28H25BrN6O2S. The van der Waals surface area contributed by atoms with E-state index in [0.29, 0.717) is 0 Å². The number of aryl methyl sites for hydroxylation is 1. The Balaban J connectivity index is 0.00000294. The van der Waals surface area contributed by atoms with E-state index >= 15 is 0 Å². The molecule has 0 spiro atoms. The molecule has 192 valence electrons. The van der Waals surface area contributed by atoms with E-state index < -0.39 is 0 Å². The zero-order valence-electron chi connectivity index (χ0n) is 20.4. The van der Waals surface area contributed by atoms with Crippen LogP contribution in [0.15, 0.2) is 89.2 Å². The quantitative estimate of drug-likeness (QED) is 0.165. The molecule has 0 fully saturated rings. The first-order chi connectivity index (χ1) is 18.2. The molecule has 0 saturated heterocycles. The summed E-state index contributed by atoms with van der Waals surface area (Å²) in [6.45, 7) is 0.955. The summed E-state index contributed by atoms with van der Waals surface area (Å²) in [7, 11) is 0. The highest BCUT2D eigenvalue weighted by Crippen LogP contribution is 2.28. The number of rotatable bonds is 5. The number of aromatic nitrogens is 4. The molecule has 0 amide bonds. The van der Waals surface area contributed by atoms with Gasteiger partial charge in [0.15, 0.2) is 10.6 Å². The molecule has 6 rings (SSSR count). The van der Waals surface area contributed by atoms with E-state index in [9.17, 15) is 10.1 Å². The number of hydrogen-bond donors (Lipinski definition) is 0. The lowest BCUT2D eigenvalue weighted by atomic mass is 10.1. The summed E-state index contributed by atoms with van der Waals surface area (Å²) >= 11 is 1.50. The number of nitrogens with zero attached hydrogens (tertiary/aromatic N) is 6. The Morgan fingerprint density at radius 2 is 1.71 bits per heavy atom. The minimum Gasteiger partial charge on any atom is -0.311 e. The second kappa shape index (κ2) is 11.2. The maximum Gasteiger partial charge on any atom is 0.270 e. The van der Waals surface area contributed by atoms with Crippen molar-refractivity contribution in [3.8, 4) is 28.3 Å². The van der Waals surface area contributed by atoms with E-state index in [4.69, 9.17) is 4.99 Å². The van der Waals surface area contributed by atoms with Crippen molar-refractivity contribution in [1.82, 2.24) is 19.3 Å². The molecule has 1 aliphatic heterocycles. The molecule has 1 aliphatic rings. The summed E-state index contributed by atoms with van der Waals surface area (Å²) in [6.07, 6.45) is 4.51. The van der Waals surface area contributed by atoms with Gasteiger partial charge in [0.05, 0.1) is 16.3 Å². The summed E-state index contributed by atoms with van der Waals surface area (Å²) in [4.78, 5) is 16.7. The topological polar surface area (TPSA) is 91.1 Å². The van der Waals surface area contributed by atoms with Gasteiger partial charge < -0.3 is 4.57 Å². The predicted molar refractivity (Wildman–Crippen MR) is 154 cm³/mol. The Hall–Kier alpha value is -3.89. The summed E-state index contributed by atoms with van der Waals surface area (Å²) in [6, 6.07) is 24.7. The number of halogens is 1. The van der Waals surface area contributed by atoms with Crippen LogP contribution in [-0.2, 0) is 13.0 Å². The SMILES string of the molecule is Br.O=[N+]([O-])c1cccc(-c2csc(=Nc3ccc(-c4nnc5n4CCCCC5)cc3)n2-c2ccccc2)c1. The van der Waals surface area contributed by atoms with Gasteiger partial charge in [-0.1, -0.05) is 36.8 Å². The number of nitro benzene ring substituents is 1. The van der Waals surface area contributed by atoms with Crippen molar-refractivity contribution < 1.29 is 4.92 Å². The second-order valence-electron chi connectivity index (χ2n) is 8.94. The molecule has 0 aliphatic carbocycles. The number of fused-ring (bicyclic) bond motifs is 1. The third kappa shape index (κ3) is 5.09. The number of thiazole rings is 1. The van der Waals surface area contributed by atoms with Gasteiger partial charge in [-0.3, -0.25) is 14.7 Å². The van der Waals surface area contributed by atoms with Gasteiger partial charge in [0.25, 0.3) is 5.69 Å². The zero-order chi connectivity index (χ0) is 25.2. The van der Waals surface area contributed by atoms with Gasteiger partial charge in [-0.15, -0.1) is 38.5 Å². The third-order valence-corrected chi connectivity index (χ3v) is 7.36. The normalized spacial score (nSPS) is 13.4. The van der Waals surface area contributed by atoms with Crippen molar-refractivity contribution in [2.75, 3.05) is 0 Å². The molecular weight excluding hydrogens is 564 g/mol. The van der Waals surface area contributed by atoms with Crippen molar-refractivity contribution in [2.24, 2.45) is 4.99 Å². The van der Waals surface area contributed by atoms with Crippen molar-refractivity contribution in [2.45, 2.75) is 32.2 Å². The van der Waals surface area contributed by atoms with Crippen LogP contribution >= 0.6 is 28.3 Å². The Labute approximate surface area is 233 Å². The van der Waals surface area contributed by atoms with Gasteiger partial charge in [-0.2, -0.15) is 0 Å². The Kier molecular flexibility index (Phi) is 7.62. The van der Waals surface area contributed by atoms with Gasteiger partial charge in [-0.05, 0) is 49.2 Å². The van der Waals surface area contributed by atoms with Crippen LogP contribution in [-0.4, -0.2) is 24.3 Å². The molecule has 5 aromatic rings. The standard InChI is InChI=1S/C28H24N6O2S.BrH/c35-34(36)24-11-7-8-21(18-24)25-19-37-28(33(25)23-9-3-1-4-10-23)29-22-15-13-20(14-16-22)27-31-30-26-12-5-2-6-17-32(26)27;/h1,3-4,7-11,13-16,18-19H,2,5-6,12,17H2;1H. The summed E-state index contributed by atoms with van der Waals surface area (Å²) < 4.78 is 4.28. The molecule has 0 radical (unpaired) electrons. The van der Waals surface area contributed by atoms with Crippen LogP contribution in [0.1, 0.15) is 25.1 Å². The maximum atomic E-state index is 11.4. The molecule has 0 bridgehead atoms. The van der Waals surface area contributed by atoms with Crippen molar-refractivity contribution >= 4 is 39.7 Å². The highest BCUT2D eigenvalue weighted by molar-refractivity contribution is 8.93. The molecule has 10 heteroatoms. The van der Waals surface area contributed by atoms with Crippen LogP contribution < -0.4 is 4.80 Å². The third-order valence-electron chi connectivity index (χ3n) is 6.54. The second-order valence-corrected chi connectivity index (χ2v) is 9.78. The fraction of sp³-hybridized carbons (Fsp3) is 0.179. The highest BCUT2D eigenvalue weighted by Gasteiger charge is 2.16. The summed E-state index contributed by atoms with van der Waals surface area (Å²) in [5, 5.41) is 22.2. The van der Waals surface area contributed by atoms with Crippen LogP contribution in [0.2, 0.25) is 0 Å². The lowest BCUT2D eigenvalue weighted by molar-refractivity contribution is -0.384. The van der Waals surface area contributed by atoms with Crippen LogP contribution in [0.5, 0.6) is 0 Å². The van der Waals surface area contributed by atoms with Crippen molar-refractivity contribution in [3.05, 3.63) is 105 Å². The zero-order valence-corrected chi connectivity index (χ0v) is 23.0. The van der Waals surface area contributed by atoms with E-state index in [0.717, 1.165) is 70.5 Å². The van der Waals surface area contributed by atoms with Gasteiger partial charge >= 0.3 is 0 Å². The first kappa shape index (κ1) is 25.7. The minimum absolute atomic E-state index is 0. The van der Waals surface area contributed by atoms with E-state index in [1.165, 1.54) is 23.8 Å². The Morgan fingerprint density at radius 1 is 0.895 bits per heavy atom. The van der Waals surface area contributed by atoms with E-state index in [-0.39, 0.29) is 27.6 Å². The number of nitro groups is 1. The first-order valence-corrected chi connectivity index (χ1v) is 13.1. The van der Waals surface area contributed by atoms with Gasteiger partial charge in [-0.25, -0.2) is 4.99 Å². The first-order valence-electron chi connectivity index (χ1n) is 12.3. The van der Waals surface area contributed by atoms with E-state index in [1.54, 1.807) is 12.1 Å². The lowest BCUT2D eigenvalue weighted by Crippen LogP contribution is -2.13. The number of hydrogen-bond acceptors (Lipinski definition) is 6. The van der Waals surface area contributed by atoms with Crippen LogP contribution in [0.3, 0.4) is 0 Å². The van der Waals surface area contributed by atoms with E-state index in [1.807, 2.05) is 70.6 Å². The van der Waals surface area contributed by atoms with Gasteiger partial charge in [0.2, 0.25) is 0 Å². The van der Waals surface area contributed by atoms with Gasteiger partial charge in [0, 0.05) is 47.3 Å². The molecule has 0 saturated carbocycles. The molecule has 0 N–H and O–H groups in total. The maximum absolute atomic E-state index is 11.4. The average Bonchev–Trinajstić information content (AvgIpc) is 3.46. The molecule has 0 unspecified atom stereocenters.